The maximum atomic E-state index is 12.7. The van der Waals surface area contributed by atoms with E-state index in [1.165, 1.54) is 0 Å². The molecular formula is C8H9F3. The molecule has 1 aliphatic carbocycles. The van der Waals surface area contributed by atoms with Crippen LogP contribution in [0.15, 0.2) is 23.1 Å². The van der Waals surface area contributed by atoms with Crippen molar-refractivity contribution in [1.29, 1.82) is 0 Å². The van der Waals surface area contributed by atoms with Crippen LogP contribution in [-0.4, -0.2) is 0 Å². The van der Waals surface area contributed by atoms with Crippen LogP contribution < -0.4 is 0 Å². The first kappa shape index (κ1) is 8.37. The zero-order valence-corrected chi connectivity index (χ0v) is 6.26. The third-order valence-corrected chi connectivity index (χ3v) is 1.75. The van der Waals surface area contributed by atoms with Gasteiger partial charge in [-0.2, -0.15) is 0 Å². The molecule has 0 spiro atoms. The highest BCUT2D eigenvalue weighted by atomic mass is 19.2. The lowest BCUT2D eigenvalue weighted by Crippen LogP contribution is -1.97. The van der Waals surface area contributed by atoms with Gasteiger partial charge in [-0.25, -0.2) is 13.2 Å². The van der Waals surface area contributed by atoms with Gasteiger partial charge in [0.05, 0.1) is 0 Å². The van der Waals surface area contributed by atoms with Crippen LogP contribution in [0.25, 0.3) is 0 Å². The fraction of sp³-hybridized carbons (Fsp3) is 0.500. The summed E-state index contributed by atoms with van der Waals surface area (Å²) in [5.41, 5.74) is -0.103. The molecule has 0 aromatic carbocycles. The van der Waals surface area contributed by atoms with E-state index in [0.717, 1.165) is 0 Å². The second kappa shape index (κ2) is 3.11. The smallest absolute Gasteiger partial charge is 0.160 e. The molecule has 0 aromatic heterocycles. The maximum absolute atomic E-state index is 12.7. The minimum absolute atomic E-state index is 0.00241. The van der Waals surface area contributed by atoms with E-state index in [2.05, 4.69) is 0 Å². The largest absolute Gasteiger partial charge is 0.211 e. The topological polar surface area (TPSA) is 0 Å². The van der Waals surface area contributed by atoms with Crippen LogP contribution >= 0.6 is 0 Å². The Morgan fingerprint density at radius 1 is 1.09 bits per heavy atom. The molecule has 0 radical (unpaired) electrons. The molecule has 0 aliphatic heterocycles. The zero-order valence-electron chi connectivity index (χ0n) is 6.26. The fourth-order valence-corrected chi connectivity index (χ4v) is 1.11. The van der Waals surface area contributed by atoms with Gasteiger partial charge in [-0.15, -0.1) is 0 Å². The molecule has 62 valence electrons. The molecule has 0 amide bonds. The van der Waals surface area contributed by atoms with Crippen LogP contribution in [0.3, 0.4) is 0 Å². The van der Waals surface area contributed by atoms with Crippen molar-refractivity contribution in [1.82, 2.24) is 0 Å². The summed E-state index contributed by atoms with van der Waals surface area (Å²) in [6.45, 7) is 1.60. The van der Waals surface area contributed by atoms with Crippen molar-refractivity contribution in [2.45, 2.75) is 26.2 Å². The van der Waals surface area contributed by atoms with Crippen molar-refractivity contribution in [3.8, 4) is 0 Å². The van der Waals surface area contributed by atoms with E-state index in [9.17, 15) is 13.2 Å². The standard InChI is InChI=1S/C8H9F3/c1-2-5-6(9)3-4-7(10)8(5)11/h2-4H2,1H3. The second-order valence-corrected chi connectivity index (χ2v) is 2.46. The summed E-state index contributed by atoms with van der Waals surface area (Å²) >= 11 is 0. The quantitative estimate of drug-likeness (QED) is 0.553. The first-order valence-electron chi connectivity index (χ1n) is 3.58. The molecule has 11 heavy (non-hydrogen) atoms. The van der Waals surface area contributed by atoms with Gasteiger partial charge >= 0.3 is 0 Å². The summed E-state index contributed by atoms with van der Waals surface area (Å²) in [7, 11) is 0. The number of rotatable bonds is 1. The van der Waals surface area contributed by atoms with Gasteiger partial charge in [-0.05, 0) is 6.42 Å². The van der Waals surface area contributed by atoms with E-state index in [4.69, 9.17) is 0 Å². The molecule has 0 fully saturated rings. The minimum Gasteiger partial charge on any atom is -0.211 e. The summed E-state index contributed by atoms with van der Waals surface area (Å²) in [6, 6.07) is 0. The van der Waals surface area contributed by atoms with E-state index >= 15 is 0 Å². The van der Waals surface area contributed by atoms with E-state index < -0.39 is 17.5 Å². The Morgan fingerprint density at radius 3 is 2.09 bits per heavy atom. The lowest BCUT2D eigenvalue weighted by Gasteiger charge is -2.11. The highest BCUT2D eigenvalue weighted by Gasteiger charge is 2.20. The van der Waals surface area contributed by atoms with Gasteiger partial charge < -0.3 is 0 Å². The zero-order chi connectivity index (χ0) is 8.43. The molecule has 0 aromatic rings. The molecule has 0 bridgehead atoms. The third kappa shape index (κ3) is 1.47. The van der Waals surface area contributed by atoms with Gasteiger partial charge in [0.25, 0.3) is 0 Å². The Labute approximate surface area is 63.4 Å². The summed E-state index contributed by atoms with van der Waals surface area (Å²) in [6.07, 6.45) is 0.0781. The van der Waals surface area contributed by atoms with Gasteiger partial charge in [-0.1, -0.05) is 6.92 Å². The average Bonchev–Trinajstić information content (AvgIpc) is 1.99. The summed E-state index contributed by atoms with van der Waals surface area (Å²) in [4.78, 5) is 0. The molecule has 3 heteroatoms. The van der Waals surface area contributed by atoms with Crippen molar-refractivity contribution in [2.24, 2.45) is 0 Å². The van der Waals surface area contributed by atoms with Crippen molar-refractivity contribution in [3.63, 3.8) is 0 Å². The minimum atomic E-state index is -0.990. The number of halogens is 3. The van der Waals surface area contributed by atoms with E-state index in [1.807, 2.05) is 0 Å². The number of hydrogen-bond acceptors (Lipinski definition) is 0. The molecule has 0 N–H and O–H groups in total. The van der Waals surface area contributed by atoms with Crippen LogP contribution in [0.2, 0.25) is 0 Å². The van der Waals surface area contributed by atoms with Crippen LogP contribution in [-0.2, 0) is 0 Å². The van der Waals surface area contributed by atoms with Gasteiger partial charge in [0.2, 0.25) is 0 Å². The third-order valence-electron chi connectivity index (χ3n) is 1.75. The van der Waals surface area contributed by atoms with Crippen molar-refractivity contribution in [2.75, 3.05) is 0 Å². The molecule has 0 saturated heterocycles. The Morgan fingerprint density at radius 2 is 1.64 bits per heavy atom. The van der Waals surface area contributed by atoms with E-state index in [0.29, 0.717) is 0 Å². The molecule has 0 heterocycles. The van der Waals surface area contributed by atoms with Crippen LogP contribution in [0.5, 0.6) is 0 Å². The molecule has 0 atom stereocenters. The van der Waals surface area contributed by atoms with Crippen molar-refractivity contribution < 1.29 is 13.2 Å². The van der Waals surface area contributed by atoms with Gasteiger partial charge in [-0.3, -0.25) is 0 Å². The molecule has 0 saturated carbocycles. The Hall–Kier alpha value is -0.730. The normalized spacial score (nSPS) is 19.6. The Bertz CT molecular complexity index is 225. The van der Waals surface area contributed by atoms with Crippen molar-refractivity contribution in [3.05, 3.63) is 23.1 Å². The lowest BCUT2D eigenvalue weighted by molar-refractivity contribution is 0.458. The first-order chi connectivity index (χ1) is 5.16. The lowest BCUT2D eigenvalue weighted by atomic mass is 10.0. The van der Waals surface area contributed by atoms with Crippen molar-refractivity contribution >= 4 is 0 Å². The second-order valence-electron chi connectivity index (χ2n) is 2.46. The summed E-state index contributed by atoms with van der Waals surface area (Å²) in [5.74, 6) is -2.31. The number of hydrogen-bond donors (Lipinski definition) is 0. The fourth-order valence-electron chi connectivity index (χ4n) is 1.11. The summed E-state index contributed by atoms with van der Waals surface area (Å²) in [5, 5.41) is 0. The van der Waals surface area contributed by atoms with Gasteiger partial charge in [0.1, 0.15) is 11.7 Å². The average molecular weight is 162 g/mol. The maximum Gasteiger partial charge on any atom is 0.160 e. The molecule has 0 nitrogen and oxygen atoms in total. The van der Waals surface area contributed by atoms with E-state index in [-0.39, 0.29) is 24.8 Å². The Balaban J connectivity index is 3.00. The predicted molar refractivity (Wildman–Crippen MR) is 36.9 cm³/mol. The first-order valence-corrected chi connectivity index (χ1v) is 3.58. The van der Waals surface area contributed by atoms with Crippen LogP contribution in [0, 0.1) is 0 Å². The van der Waals surface area contributed by atoms with Crippen LogP contribution in [0.4, 0.5) is 13.2 Å². The monoisotopic (exact) mass is 162 g/mol. The number of allylic oxidation sites excluding steroid dienone is 4. The van der Waals surface area contributed by atoms with E-state index in [1.54, 1.807) is 6.92 Å². The molecule has 1 aliphatic rings. The molecular weight excluding hydrogens is 153 g/mol. The van der Waals surface area contributed by atoms with Gasteiger partial charge in [0, 0.05) is 18.4 Å². The Kier molecular flexibility index (Phi) is 2.37. The predicted octanol–water partition coefficient (Wildman–Crippen LogP) is 3.56. The SMILES string of the molecule is CCC1=C(F)CCC(F)=C1F. The highest BCUT2D eigenvalue weighted by Crippen LogP contribution is 2.33. The molecule has 0 unspecified atom stereocenters. The van der Waals surface area contributed by atoms with Crippen LogP contribution in [0.1, 0.15) is 26.2 Å². The molecule has 1 rings (SSSR count). The van der Waals surface area contributed by atoms with Gasteiger partial charge in [0.15, 0.2) is 5.83 Å². The highest BCUT2D eigenvalue weighted by molar-refractivity contribution is 5.33. The summed E-state index contributed by atoms with van der Waals surface area (Å²) < 4.78 is 37.9.